The van der Waals surface area contributed by atoms with Crippen molar-refractivity contribution in [3.63, 3.8) is 0 Å². The molecule has 0 spiro atoms. The number of benzene rings is 1. The van der Waals surface area contributed by atoms with Crippen LogP contribution in [0.4, 0.5) is 0 Å². The standard InChI is InChI=1S/C20H12N2O2S2/c1-12-4-2-3-5-13(12)6-7-14-10-21-11-15-8-16(24-18(14)15)9-17-19(23)22-20(25)26-17/h2-5,8-11H,1H3,(H,22,23,25)/b17-9+. The molecule has 0 bridgehead atoms. The highest BCUT2D eigenvalue weighted by Crippen LogP contribution is 2.29. The summed E-state index contributed by atoms with van der Waals surface area (Å²) in [7, 11) is 0. The van der Waals surface area contributed by atoms with Crippen molar-refractivity contribution in [2.24, 2.45) is 0 Å². The highest BCUT2D eigenvalue weighted by molar-refractivity contribution is 8.26. The number of nitrogens with one attached hydrogen (secondary N) is 1. The van der Waals surface area contributed by atoms with Gasteiger partial charge in [-0.15, -0.1) is 0 Å². The van der Waals surface area contributed by atoms with Gasteiger partial charge in [0.25, 0.3) is 5.91 Å². The van der Waals surface area contributed by atoms with E-state index in [-0.39, 0.29) is 5.91 Å². The maximum absolute atomic E-state index is 11.8. The molecule has 0 aliphatic carbocycles. The molecule has 1 fully saturated rings. The summed E-state index contributed by atoms with van der Waals surface area (Å²) in [4.78, 5) is 16.5. The molecule has 0 unspecified atom stereocenters. The van der Waals surface area contributed by atoms with E-state index in [1.807, 2.05) is 37.3 Å². The molecule has 0 atom stereocenters. The van der Waals surface area contributed by atoms with E-state index in [2.05, 4.69) is 22.1 Å². The zero-order valence-electron chi connectivity index (χ0n) is 13.7. The van der Waals surface area contributed by atoms with Crippen molar-refractivity contribution in [2.75, 3.05) is 0 Å². The van der Waals surface area contributed by atoms with Gasteiger partial charge < -0.3 is 9.73 Å². The number of carbonyl (C=O) groups excluding carboxylic acids is 1. The lowest BCUT2D eigenvalue weighted by molar-refractivity contribution is -0.115. The quantitative estimate of drug-likeness (QED) is 0.395. The zero-order valence-corrected chi connectivity index (χ0v) is 15.3. The first kappa shape index (κ1) is 16.6. The first-order valence-corrected chi connectivity index (χ1v) is 9.03. The molecule has 4 nitrogen and oxygen atoms in total. The van der Waals surface area contributed by atoms with E-state index >= 15 is 0 Å². The molecule has 1 amide bonds. The second-order valence-corrected chi connectivity index (χ2v) is 7.39. The first-order chi connectivity index (χ1) is 12.6. The Balaban J connectivity index is 1.73. The molecule has 1 N–H and O–H groups in total. The van der Waals surface area contributed by atoms with Crippen LogP contribution in [0.5, 0.6) is 0 Å². The Labute approximate surface area is 159 Å². The molecule has 1 aliphatic heterocycles. The molecular weight excluding hydrogens is 364 g/mol. The normalized spacial score (nSPS) is 15.2. The molecule has 26 heavy (non-hydrogen) atoms. The van der Waals surface area contributed by atoms with Crippen molar-refractivity contribution in [2.45, 2.75) is 6.92 Å². The Kier molecular flexibility index (Phi) is 4.33. The number of rotatable bonds is 1. The number of carbonyl (C=O) groups is 1. The van der Waals surface area contributed by atoms with Crippen LogP contribution < -0.4 is 5.32 Å². The minimum Gasteiger partial charge on any atom is -0.455 e. The monoisotopic (exact) mass is 376 g/mol. The topological polar surface area (TPSA) is 55.1 Å². The first-order valence-electron chi connectivity index (χ1n) is 7.80. The average molecular weight is 376 g/mol. The molecule has 1 aromatic carbocycles. The van der Waals surface area contributed by atoms with E-state index < -0.39 is 0 Å². The zero-order chi connectivity index (χ0) is 18.1. The van der Waals surface area contributed by atoms with Crippen molar-refractivity contribution in [1.82, 2.24) is 10.3 Å². The van der Waals surface area contributed by atoms with Gasteiger partial charge in [0, 0.05) is 29.4 Å². The van der Waals surface area contributed by atoms with Gasteiger partial charge in [0.2, 0.25) is 0 Å². The molecule has 1 aliphatic rings. The average Bonchev–Trinajstić information content (AvgIpc) is 3.17. The smallest absolute Gasteiger partial charge is 0.263 e. The van der Waals surface area contributed by atoms with Crippen LogP contribution in [-0.4, -0.2) is 15.2 Å². The number of hydrogen-bond acceptors (Lipinski definition) is 5. The van der Waals surface area contributed by atoms with Gasteiger partial charge in [-0.1, -0.05) is 54.0 Å². The van der Waals surface area contributed by atoms with E-state index in [0.717, 1.165) is 16.5 Å². The minimum absolute atomic E-state index is 0.210. The van der Waals surface area contributed by atoms with Crippen molar-refractivity contribution >= 4 is 51.3 Å². The fourth-order valence-electron chi connectivity index (χ4n) is 2.54. The third-order valence-corrected chi connectivity index (χ3v) is 5.00. The Morgan fingerprint density at radius 1 is 1.23 bits per heavy atom. The molecule has 6 heteroatoms. The number of aryl methyl sites for hydroxylation is 1. The number of thioether (sulfide) groups is 1. The van der Waals surface area contributed by atoms with Gasteiger partial charge in [0.15, 0.2) is 5.58 Å². The molecule has 126 valence electrons. The predicted molar refractivity (Wildman–Crippen MR) is 107 cm³/mol. The van der Waals surface area contributed by atoms with Gasteiger partial charge in [0.1, 0.15) is 10.1 Å². The van der Waals surface area contributed by atoms with Crippen LogP contribution in [0.25, 0.3) is 17.0 Å². The number of thiocarbonyl (C=S) groups is 1. The highest BCUT2D eigenvalue weighted by Gasteiger charge is 2.22. The number of pyridine rings is 1. The SMILES string of the molecule is Cc1ccccc1C#Cc1cncc2cc(/C=C3/SC(=S)NC3=O)oc12. The van der Waals surface area contributed by atoms with Gasteiger partial charge in [0.05, 0.1) is 10.5 Å². The summed E-state index contributed by atoms with van der Waals surface area (Å²) >= 11 is 6.22. The summed E-state index contributed by atoms with van der Waals surface area (Å²) in [5.74, 6) is 6.66. The Morgan fingerprint density at radius 2 is 2.04 bits per heavy atom. The summed E-state index contributed by atoms with van der Waals surface area (Å²) in [5.41, 5.74) is 3.43. The largest absolute Gasteiger partial charge is 0.455 e. The van der Waals surface area contributed by atoms with Crippen LogP contribution >= 0.6 is 24.0 Å². The number of amides is 1. The number of hydrogen-bond donors (Lipinski definition) is 1. The number of fused-ring (bicyclic) bond motifs is 1. The van der Waals surface area contributed by atoms with Crippen LogP contribution in [0, 0.1) is 18.8 Å². The third-order valence-electron chi connectivity index (χ3n) is 3.83. The van der Waals surface area contributed by atoms with E-state index in [0.29, 0.717) is 26.1 Å². The lowest BCUT2D eigenvalue weighted by atomic mass is 10.1. The van der Waals surface area contributed by atoms with Crippen LogP contribution in [0.15, 0.2) is 52.0 Å². The Hall–Kier alpha value is -2.88. The summed E-state index contributed by atoms with van der Waals surface area (Å²) in [6.45, 7) is 2.02. The predicted octanol–water partition coefficient (Wildman–Crippen LogP) is 4.02. The van der Waals surface area contributed by atoms with Crippen molar-refractivity contribution in [3.8, 4) is 11.8 Å². The van der Waals surface area contributed by atoms with Crippen molar-refractivity contribution in [3.05, 3.63) is 70.1 Å². The van der Waals surface area contributed by atoms with Gasteiger partial charge in [-0.3, -0.25) is 9.78 Å². The molecule has 3 aromatic rings. The maximum Gasteiger partial charge on any atom is 0.263 e. The summed E-state index contributed by atoms with van der Waals surface area (Å²) < 4.78 is 6.36. The summed E-state index contributed by atoms with van der Waals surface area (Å²) in [6, 6.07) is 9.78. The molecule has 0 radical (unpaired) electrons. The molecule has 0 saturated carbocycles. The third kappa shape index (κ3) is 3.27. The van der Waals surface area contributed by atoms with E-state index in [1.165, 1.54) is 11.8 Å². The summed E-state index contributed by atoms with van der Waals surface area (Å²) in [5, 5.41) is 3.42. The van der Waals surface area contributed by atoms with Crippen LogP contribution in [0.1, 0.15) is 22.5 Å². The van der Waals surface area contributed by atoms with E-state index in [4.69, 9.17) is 16.6 Å². The Bertz CT molecular complexity index is 1150. The van der Waals surface area contributed by atoms with E-state index in [9.17, 15) is 4.79 Å². The second-order valence-electron chi connectivity index (χ2n) is 5.67. The second kappa shape index (κ2) is 6.79. The number of nitrogens with zero attached hydrogens (tertiary/aromatic N) is 1. The van der Waals surface area contributed by atoms with Crippen LogP contribution in [-0.2, 0) is 4.79 Å². The van der Waals surface area contributed by atoms with Gasteiger partial charge >= 0.3 is 0 Å². The minimum atomic E-state index is -0.210. The fourth-order valence-corrected chi connectivity index (χ4v) is 3.56. The molecular formula is C20H12N2O2S2. The lowest BCUT2D eigenvalue weighted by Gasteiger charge is -1.95. The molecule has 4 rings (SSSR count). The van der Waals surface area contributed by atoms with Crippen LogP contribution in [0.2, 0.25) is 0 Å². The van der Waals surface area contributed by atoms with E-state index in [1.54, 1.807) is 18.5 Å². The lowest BCUT2D eigenvalue weighted by Crippen LogP contribution is -2.17. The van der Waals surface area contributed by atoms with Gasteiger partial charge in [-0.05, 0) is 24.6 Å². The Morgan fingerprint density at radius 3 is 2.81 bits per heavy atom. The van der Waals surface area contributed by atoms with Gasteiger partial charge in [-0.25, -0.2) is 0 Å². The highest BCUT2D eigenvalue weighted by atomic mass is 32.2. The van der Waals surface area contributed by atoms with Gasteiger partial charge in [-0.2, -0.15) is 0 Å². The van der Waals surface area contributed by atoms with Crippen LogP contribution in [0.3, 0.4) is 0 Å². The summed E-state index contributed by atoms with van der Waals surface area (Å²) in [6.07, 6.45) is 5.07. The van der Waals surface area contributed by atoms with Crippen molar-refractivity contribution in [1.29, 1.82) is 0 Å². The molecule has 3 heterocycles. The maximum atomic E-state index is 11.8. The number of aromatic nitrogens is 1. The number of furan rings is 1. The fraction of sp³-hybridized carbons (Fsp3) is 0.0500. The molecule has 2 aromatic heterocycles. The van der Waals surface area contributed by atoms with Crippen molar-refractivity contribution < 1.29 is 9.21 Å². The molecule has 1 saturated heterocycles.